The van der Waals surface area contributed by atoms with E-state index in [0.717, 1.165) is 6.07 Å². The van der Waals surface area contributed by atoms with Crippen molar-refractivity contribution in [1.82, 2.24) is 0 Å². The van der Waals surface area contributed by atoms with Gasteiger partial charge in [-0.15, -0.1) is 0 Å². The number of methoxy groups -OCH3 is 1. The lowest BCUT2D eigenvalue weighted by atomic mass is 9.95. The summed E-state index contributed by atoms with van der Waals surface area (Å²) in [7, 11) is 1.32. The van der Waals surface area contributed by atoms with E-state index < -0.39 is 11.8 Å². The Morgan fingerprint density at radius 2 is 1.83 bits per heavy atom. The third-order valence-corrected chi connectivity index (χ3v) is 2.58. The van der Waals surface area contributed by atoms with Gasteiger partial charge in [-0.25, -0.2) is 0 Å². The second kappa shape index (κ2) is 5.06. The Bertz CT molecular complexity index is 414. The molecular weight excluding hydrogens is 249 g/mol. The fourth-order valence-corrected chi connectivity index (χ4v) is 1.41. The maximum Gasteiger partial charge on any atom is 0.421 e. The molecule has 0 aliphatic rings. The van der Waals surface area contributed by atoms with Crippen molar-refractivity contribution in [1.29, 1.82) is 0 Å². The first-order chi connectivity index (χ1) is 8.24. The van der Waals surface area contributed by atoms with Crippen LogP contribution in [0.25, 0.3) is 0 Å². The van der Waals surface area contributed by atoms with Gasteiger partial charge in [0.05, 0.1) is 13.7 Å². The molecule has 3 nitrogen and oxygen atoms in total. The first-order valence-electron chi connectivity index (χ1n) is 5.34. The van der Waals surface area contributed by atoms with E-state index in [2.05, 4.69) is 0 Å². The highest BCUT2D eigenvalue weighted by Crippen LogP contribution is 2.41. The Hall–Kier alpha value is -1.43. The molecule has 0 bridgehead atoms. The zero-order valence-corrected chi connectivity index (χ0v) is 10.3. The van der Waals surface area contributed by atoms with Crippen LogP contribution in [0.5, 0.6) is 11.5 Å². The fraction of sp³-hybridized carbons (Fsp3) is 0.500. The van der Waals surface area contributed by atoms with Crippen molar-refractivity contribution >= 4 is 0 Å². The van der Waals surface area contributed by atoms with Gasteiger partial charge in [-0.3, -0.25) is 0 Å². The lowest BCUT2D eigenvalue weighted by Crippen LogP contribution is -2.39. The fourth-order valence-electron chi connectivity index (χ4n) is 1.41. The normalized spacial score (nSPS) is 15.1. The van der Waals surface area contributed by atoms with E-state index in [1.54, 1.807) is 6.92 Å². The van der Waals surface area contributed by atoms with Crippen molar-refractivity contribution in [3.63, 3.8) is 0 Å². The third-order valence-electron chi connectivity index (χ3n) is 2.58. The highest BCUT2D eigenvalue weighted by atomic mass is 19.4. The molecule has 0 radical (unpaired) electrons. The van der Waals surface area contributed by atoms with E-state index in [1.807, 2.05) is 0 Å². The first-order valence-corrected chi connectivity index (χ1v) is 5.34. The van der Waals surface area contributed by atoms with Gasteiger partial charge >= 0.3 is 6.18 Å². The van der Waals surface area contributed by atoms with Crippen LogP contribution in [0.2, 0.25) is 0 Å². The second-order valence-corrected chi connectivity index (χ2v) is 3.87. The number of hydrogen-bond acceptors (Lipinski definition) is 3. The summed E-state index contributed by atoms with van der Waals surface area (Å²) in [4.78, 5) is 0. The van der Waals surface area contributed by atoms with Gasteiger partial charge < -0.3 is 14.6 Å². The zero-order chi connectivity index (χ0) is 14.0. The van der Waals surface area contributed by atoms with E-state index in [1.165, 1.54) is 19.2 Å². The minimum Gasteiger partial charge on any atom is -0.493 e. The average Bonchev–Trinajstić information content (AvgIpc) is 2.28. The number of rotatable bonds is 4. The van der Waals surface area contributed by atoms with E-state index in [9.17, 15) is 18.3 Å². The summed E-state index contributed by atoms with van der Waals surface area (Å²) in [6.45, 7) is 2.81. The molecule has 0 aliphatic carbocycles. The molecule has 1 unspecified atom stereocenters. The molecule has 18 heavy (non-hydrogen) atoms. The molecule has 0 saturated heterocycles. The van der Waals surface area contributed by atoms with Crippen molar-refractivity contribution in [2.75, 3.05) is 13.7 Å². The van der Waals surface area contributed by atoms with E-state index in [4.69, 9.17) is 9.47 Å². The third kappa shape index (κ3) is 2.69. The topological polar surface area (TPSA) is 38.7 Å². The molecule has 1 aromatic rings. The van der Waals surface area contributed by atoms with Crippen molar-refractivity contribution in [2.45, 2.75) is 25.6 Å². The summed E-state index contributed by atoms with van der Waals surface area (Å²) >= 11 is 0. The molecule has 0 saturated carbocycles. The highest BCUT2D eigenvalue weighted by molar-refractivity contribution is 5.44. The van der Waals surface area contributed by atoms with Crippen LogP contribution >= 0.6 is 0 Å². The van der Waals surface area contributed by atoms with E-state index in [0.29, 0.717) is 19.3 Å². The predicted molar refractivity (Wildman–Crippen MR) is 59.8 cm³/mol. The largest absolute Gasteiger partial charge is 0.493 e. The maximum absolute atomic E-state index is 12.7. The molecule has 0 spiro atoms. The lowest BCUT2D eigenvalue weighted by molar-refractivity contribution is -0.258. The van der Waals surface area contributed by atoms with Crippen molar-refractivity contribution in [3.05, 3.63) is 23.8 Å². The molecule has 0 fully saturated rings. The molecule has 6 heteroatoms. The van der Waals surface area contributed by atoms with Crippen LogP contribution < -0.4 is 9.47 Å². The summed E-state index contributed by atoms with van der Waals surface area (Å²) < 4.78 is 48.2. The zero-order valence-electron chi connectivity index (χ0n) is 10.3. The molecule has 0 heterocycles. The molecule has 0 aliphatic heterocycles. The SMILES string of the molecule is CCOc1ccc(C(C)(O)C(F)(F)F)cc1OC. The number of benzene rings is 1. The Morgan fingerprint density at radius 3 is 2.28 bits per heavy atom. The predicted octanol–water partition coefficient (Wildman–Crippen LogP) is 2.86. The number of alkyl halides is 3. The van der Waals surface area contributed by atoms with Gasteiger partial charge in [0, 0.05) is 0 Å². The standard InChI is InChI=1S/C12H15F3O3/c1-4-18-9-6-5-8(7-10(9)17-3)11(2,16)12(13,14)15/h5-7,16H,4H2,1-3H3. The Morgan fingerprint density at radius 1 is 1.22 bits per heavy atom. The lowest BCUT2D eigenvalue weighted by Gasteiger charge is -2.27. The number of hydrogen-bond donors (Lipinski definition) is 1. The molecule has 1 rings (SSSR count). The van der Waals surface area contributed by atoms with Crippen LogP contribution in [0.4, 0.5) is 13.2 Å². The minimum atomic E-state index is -4.76. The molecule has 1 N–H and O–H groups in total. The van der Waals surface area contributed by atoms with Crippen molar-refractivity contribution in [3.8, 4) is 11.5 Å². The second-order valence-electron chi connectivity index (χ2n) is 3.87. The van der Waals surface area contributed by atoms with Crippen LogP contribution in [-0.4, -0.2) is 25.0 Å². The van der Waals surface area contributed by atoms with E-state index in [-0.39, 0.29) is 11.3 Å². The summed E-state index contributed by atoms with van der Waals surface area (Å²) in [6, 6.07) is 3.64. The van der Waals surface area contributed by atoms with Gasteiger partial charge in [-0.2, -0.15) is 13.2 Å². The van der Waals surface area contributed by atoms with Gasteiger partial charge in [0.2, 0.25) is 0 Å². The molecule has 0 aromatic heterocycles. The minimum absolute atomic E-state index is 0.152. The van der Waals surface area contributed by atoms with Crippen LogP contribution in [0.1, 0.15) is 19.4 Å². The first kappa shape index (κ1) is 14.6. The van der Waals surface area contributed by atoms with Crippen molar-refractivity contribution < 1.29 is 27.8 Å². The number of ether oxygens (including phenoxy) is 2. The average molecular weight is 264 g/mol. The van der Waals surface area contributed by atoms with Crippen LogP contribution in [0, 0.1) is 0 Å². The van der Waals surface area contributed by atoms with Crippen LogP contribution in [0.15, 0.2) is 18.2 Å². The highest BCUT2D eigenvalue weighted by Gasteiger charge is 2.51. The monoisotopic (exact) mass is 264 g/mol. The molecule has 0 amide bonds. The molecule has 1 atom stereocenters. The Kier molecular flexibility index (Phi) is 4.11. The Labute approximate surface area is 103 Å². The quantitative estimate of drug-likeness (QED) is 0.908. The number of halogens is 3. The summed E-state index contributed by atoms with van der Waals surface area (Å²) in [5.41, 5.74) is -3.22. The molecular formula is C12H15F3O3. The van der Waals surface area contributed by atoms with Gasteiger partial charge in [0.25, 0.3) is 0 Å². The van der Waals surface area contributed by atoms with E-state index >= 15 is 0 Å². The molecule has 1 aromatic carbocycles. The molecule has 102 valence electrons. The maximum atomic E-state index is 12.7. The summed E-state index contributed by atoms with van der Waals surface area (Å²) in [5, 5.41) is 9.54. The Balaban J connectivity index is 3.20. The van der Waals surface area contributed by atoms with Crippen LogP contribution in [-0.2, 0) is 5.60 Å². The van der Waals surface area contributed by atoms with Gasteiger partial charge in [-0.05, 0) is 31.5 Å². The summed E-state index contributed by atoms with van der Waals surface area (Å²) in [5.74, 6) is 0.487. The number of aliphatic hydroxyl groups is 1. The van der Waals surface area contributed by atoms with Gasteiger partial charge in [0.1, 0.15) is 0 Å². The smallest absolute Gasteiger partial charge is 0.421 e. The van der Waals surface area contributed by atoms with Gasteiger partial charge in [-0.1, -0.05) is 6.07 Å². The van der Waals surface area contributed by atoms with Crippen LogP contribution in [0.3, 0.4) is 0 Å². The van der Waals surface area contributed by atoms with Crippen molar-refractivity contribution in [2.24, 2.45) is 0 Å². The van der Waals surface area contributed by atoms with Gasteiger partial charge in [0.15, 0.2) is 17.1 Å². The summed E-state index contributed by atoms with van der Waals surface area (Å²) in [6.07, 6.45) is -4.76.